The lowest BCUT2D eigenvalue weighted by Crippen LogP contribution is -2.23. The summed E-state index contributed by atoms with van der Waals surface area (Å²) in [4.78, 5) is 33.6. The van der Waals surface area contributed by atoms with Crippen molar-refractivity contribution < 1.29 is 9.18 Å². The van der Waals surface area contributed by atoms with Crippen LogP contribution < -0.4 is 10.9 Å². The molecule has 1 aromatic carbocycles. The summed E-state index contributed by atoms with van der Waals surface area (Å²) in [7, 11) is 0. The SMILES string of the molecule is Cc1sc2nc(CSC(C)C(=O)Nc3ccc(Cl)cc3F)[nH]c(=O)c2c1C. The lowest BCUT2D eigenvalue weighted by Gasteiger charge is -2.12. The van der Waals surface area contributed by atoms with E-state index in [1.54, 1.807) is 6.92 Å². The van der Waals surface area contributed by atoms with Gasteiger partial charge in [-0.2, -0.15) is 0 Å². The van der Waals surface area contributed by atoms with Crippen molar-refractivity contribution in [2.45, 2.75) is 31.8 Å². The van der Waals surface area contributed by atoms with E-state index in [0.717, 1.165) is 16.5 Å². The van der Waals surface area contributed by atoms with Gasteiger partial charge in [0.1, 0.15) is 16.5 Å². The minimum absolute atomic E-state index is 0.0781. The highest BCUT2D eigenvalue weighted by molar-refractivity contribution is 7.99. The maximum atomic E-state index is 13.8. The van der Waals surface area contributed by atoms with Gasteiger partial charge in [0.25, 0.3) is 5.56 Å². The van der Waals surface area contributed by atoms with E-state index in [4.69, 9.17) is 11.6 Å². The number of hydrogen-bond donors (Lipinski definition) is 2. The number of nitrogens with one attached hydrogen (secondary N) is 2. The summed E-state index contributed by atoms with van der Waals surface area (Å²) in [5.74, 6) is -0.0600. The van der Waals surface area contributed by atoms with Crippen molar-refractivity contribution in [2.24, 2.45) is 0 Å². The van der Waals surface area contributed by atoms with Crippen LogP contribution in [0.2, 0.25) is 5.02 Å². The number of carbonyl (C=O) groups is 1. The van der Waals surface area contributed by atoms with Crippen LogP contribution in [0, 0.1) is 19.7 Å². The number of amides is 1. The van der Waals surface area contributed by atoms with E-state index in [9.17, 15) is 14.0 Å². The first-order chi connectivity index (χ1) is 12.8. The predicted molar refractivity (Wildman–Crippen MR) is 111 cm³/mol. The maximum absolute atomic E-state index is 13.8. The summed E-state index contributed by atoms with van der Waals surface area (Å²) in [6.45, 7) is 5.57. The normalized spacial score (nSPS) is 12.3. The molecule has 0 aliphatic heterocycles. The molecule has 2 N–H and O–H groups in total. The fraction of sp³-hybridized carbons (Fsp3) is 0.278. The number of H-pyrrole nitrogens is 1. The Morgan fingerprint density at radius 3 is 2.89 bits per heavy atom. The molecular weight excluding hydrogens is 409 g/mol. The predicted octanol–water partition coefficient (Wildman–Crippen LogP) is 4.65. The topological polar surface area (TPSA) is 74.8 Å². The Balaban J connectivity index is 1.68. The van der Waals surface area contributed by atoms with Crippen molar-refractivity contribution in [2.75, 3.05) is 5.32 Å². The third-order valence-electron chi connectivity index (χ3n) is 4.12. The van der Waals surface area contributed by atoms with Crippen LogP contribution in [0.25, 0.3) is 10.2 Å². The van der Waals surface area contributed by atoms with Crippen LogP contribution in [-0.2, 0) is 10.5 Å². The molecule has 0 aliphatic rings. The Morgan fingerprint density at radius 2 is 2.19 bits per heavy atom. The lowest BCUT2D eigenvalue weighted by atomic mass is 10.2. The molecule has 5 nitrogen and oxygen atoms in total. The Bertz CT molecular complexity index is 1080. The molecule has 0 aliphatic carbocycles. The molecule has 0 fully saturated rings. The number of hydrogen-bond acceptors (Lipinski definition) is 5. The van der Waals surface area contributed by atoms with Gasteiger partial charge in [-0.3, -0.25) is 9.59 Å². The molecule has 0 bridgehead atoms. The van der Waals surface area contributed by atoms with Crippen LogP contribution in [0.5, 0.6) is 0 Å². The highest BCUT2D eigenvalue weighted by atomic mass is 35.5. The average molecular weight is 426 g/mol. The molecule has 3 rings (SSSR count). The van der Waals surface area contributed by atoms with Gasteiger partial charge < -0.3 is 10.3 Å². The summed E-state index contributed by atoms with van der Waals surface area (Å²) in [6.07, 6.45) is 0. The second kappa shape index (κ2) is 8.00. The zero-order chi connectivity index (χ0) is 19.7. The molecule has 1 amide bonds. The number of anilines is 1. The van der Waals surface area contributed by atoms with Crippen molar-refractivity contribution in [1.82, 2.24) is 9.97 Å². The molecule has 142 valence electrons. The van der Waals surface area contributed by atoms with Gasteiger partial charge in [0, 0.05) is 9.90 Å². The number of benzene rings is 1. The van der Waals surface area contributed by atoms with Gasteiger partial charge in [-0.15, -0.1) is 23.1 Å². The number of nitrogens with zero attached hydrogens (tertiary/aromatic N) is 1. The monoisotopic (exact) mass is 425 g/mol. The minimum atomic E-state index is -0.590. The summed E-state index contributed by atoms with van der Waals surface area (Å²) in [5, 5.41) is 2.96. The number of aromatic amines is 1. The highest BCUT2D eigenvalue weighted by Crippen LogP contribution is 2.27. The highest BCUT2D eigenvalue weighted by Gasteiger charge is 2.17. The van der Waals surface area contributed by atoms with Gasteiger partial charge in [-0.25, -0.2) is 9.37 Å². The fourth-order valence-corrected chi connectivity index (χ4v) is 4.43. The summed E-state index contributed by atoms with van der Waals surface area (Å²) < 4.78 is 13.8. The quantitative estimate of drug-likeness (QED) is 0.623. The fourth-order valence-electron chi connectivity index (χ4n) is 2.47. The Labute approximate surface area is 168 Å². The van der Waals surface area contributed by atoms with E-state index in [1.165, 1.54) is 35.2 Å². The van der Waals surface area contributed by atoms with Crippen molar-refractivity contribution in [3.8, 4) is 0 Å². The number of fused-ring (bicyclic) bond motifs is 1. The maximum Gasteiger partial charge on any atom is 0.259 e. The van der Waals surface area contributed by atoms with Gasteiger partial charge in [0.2, 0.25) is 5.91 Å². The standard InChI is InChI=1S/C18H17ClFN3O2S2/c1-8-9(2)27-18-15(8)17(25)22-14(23-18)7-26-10(3)16(24)21-13-5-4-11(19)6-12(13)20/h4-6,10H,7H2,1-3H3,(H,21,24)(H,22,23,25). The molecule has 0 radical (unpaired) electrons. The second-order valence-electron chi connectivity index (χ2n) is 6.04. The van der Waals surface area contributed by atoms with E-state index >= 15 is 0 Å². The van der Waals surface area contributed by atoms with Crippen molar-refractivity contribution in [1.29, 1.82) is 0 Å². The van der Waals surface area contributed by atoms with Crippen LogP contribution in [0.1, 0.15) is 23.2 Å². The first-order valence-corrected chi connectivity index (χ1v) is 10.4. The van der Waals surface area contributed by atoms with E-state index in [0.29, 0.717) is 21.8 Å². The van der Waals surface area contributed by atoms with Crippen LogP contribution >= 0.6 is 34.7 Å². The minimum Gasteiger partial charge on any atom is -0.323 e. The summed E-state index contributed by atoms with van der Waals surface area (Å²) >= 11 is 8.49. The van der Waals surface area contributed by atoms with Crippen LogP contribution in [-0.4, -0.2) is 21.1 Å². The molecular formula is C18H17ClFN3O2S2. The Hall–Kier alpha value is -1.90. The molecule has 2 aromatic heterocycles. The lowest BCUT2D eigenvalue weighted by molar-refractivity contribution is -0.115. The van der Waals surface area contributed by atoms with Crippen molar-refractivity contribution in [3.05, 3.63) is 55.7 Å². The second-order valence-corrected chi connectivity index (χ2v) is 9.01. The summed E-state index contributed by atoms with van der Waals surface area (Å²) in [5.41, 5.74) is 0.854. The molecule has 9 heteroatoms. The van der Waals surface area contributed by atoms with Crippen molar-refractivity contribution >= 4 is 56.5 Å². The van der Waals surface area contributed by atoms with E-state index < -0.39 is 11.1 Å². The average Bonchev–Trinajstić information content (AvgIpc) is 2.89. The van der Waals surface area contributed by atoms with E-state index in [1.807, 2.05) is 13.8 Å². The molecule has 1 atom stereocenters. The third kappa shape index (κ3) is 4.34. The molecule has 0 saturated carbocycles. The zero-order valence-electron chi connectivity index (χ0n) is 14.9. The molecule has 3 aromatic rings. The van der Waals surface area contributed by atoms with Gasteiger partial charge in [0.05, 0.1) is 22.1 Å². The van der Waals surface area contributed by atoms with Crippen LogP contribution in [0.15, 0.2) is 23.0 Å². The Morgan fingerprint density at radius 1 is 1.44 bits per heavy atom. The molecule has 2 heterocycles. The number of thiophene rings is 1. The number of thioether (sulfide) groups is 1. The van der Waals surface area contributed by atoms with Gasteiger partial charge in [-0.05, 0) is 44.5 Å². The molecule has 1 unspecified atom stereocenters. The van der Waals surface area contributed by atoms with Crippen LogP contribution in [0.3, 0.4) is 0 Å². The van der Waals surface area contributed by atoms with Gasteiger partial charge in [-0.1, -0.05) is 11.6 Å². The number of aryl methyl sites for hydroxylation is 2. The van der Waals surface area contributed by atoms with Crippen LogP contribution in [0.4, 0.5) is 10.1 Å². The number of rotatable bonds is 5. The number of carbonyl (C=O) groups excluding carboxylic acids is 1. The van der Waals surface area contributed by atoms with Gasteiger partial charge >= 0.3 is 0 Å². The molecule has 27 heavy (non-hydrogen) atoms. The smallest absolute Gasteiger partial charge is 0.259 e. The molecule has 0 saturated heterocycles. The third-order valence-corrected chi connectivity index (χ3v) is 6.61. The largest absolute Gasteiger partial charge is 0.323 e. The van der Waals surface area contributed by atoms with Gasteiger partial charge in [0.15, 0.2) is 0 Å². The first kappa shape index (κ1) is 19.9. The van der Waals surface area contributed by atoms with E-state index in [2.05, 4.69) is 15.3 Å². The summed E-state index contributed by atoms with van der Waals surface area (Å²) in [6, 6.07) is 4.07. The zero-order valence-corrected chi connectivity index (χ0v) is 17.2. The molecule has 0 spiro atoms. The number of halogens is 2. The van der Waals surface area contributed by atoms with E-state index in [-0.39, 0.29) is 22.2 Å². The first-order valence-electron chi connectivity index (χ1n) is 8.12. The number of aromatic nitrogens is 2. The van der Waals surface area contributed by atoms with Crippen molar-refractivity contribution in [3.63, 3.8) is 0 Å². The Kier molecular flexibility index (Phi) is 5.88.